The van der Waals surface area contributed by atoms with E-state index in [1.54, 1.807) is 24.6 Å². The van der Waals surface area contributed by atoms with Crippen LogP contribution in [0.5, 0.6) is 5.88 Å². The molecule has 3 aromatic heterocycles. The van der Waals surface area contributed by atoms with Crippen molar-refractivity contribution < 1.29 is 9.53 Å². The van der Waals surface area contributed by atoms with E-state index in [0.717, 1.165) is 15.1 Å². The topological polar surface area (TPSA) is 64.1 Å². The molecule has 0 spiro atoms. The van der Waals surface area contributed by atoms with Crippen LogP contribution in [0.15, 0.2) is 23.7 Å². The number of thiazole rings is 1. The molecule has 0 saturated carbocycles. The van der Waals surface area contributed by atoms with Crippen LogP contribution in [0.2, 0.25) is 0 Å². The van der Waals surface area contributed by atoms with Gasteiger partial charge < -0.3 is 10.1 Å². The second-order valence-corrected chi connectivity index (χ2v) is 5.56. The predicted molar refractivity (Wildman–Crippen MR) is 77.0 cm³/mol. The monoisotopic (exact) mass is 291 g/mol. The molecule has 96 valence electrons. The molecule has 3 aromatic rings. The van der Waals surface area contributed by atoms with Gasteiger partial charge in [-0.1, -0.05) is 17.4 Å². The molecule has 0 bridgehead atoms. The van der Waals surface area contributed by atoms with Crippen LogP contribution in [0, 0.1) is 0 Å². The van der Waals surface area contributed by atoms with Gasteiger partial charge in [0.15, 0.2) is 5.13 Å². The summed E-state index contributed by atoms with van der Waals surface area (Å²) in [6, 6.07) is 4.02. The second-order valence-electron chi connectivity index (χ2n) is 3.62. The molecule has 0 saturated heterocycles. The highest BCUT2D eigenvalue weighted by Crippen LogP contribution is 2.39. The fourth-order valence-corrected chi connectivity index (χ4v) is 3.51. The minimum atomic E-state index is 0.463. The van der Waals surface area contributed by atoms with Crippen LogP contribution < -0.4 is 10.1 Å². The normalized spacial score (nSPS) is 10.6. The number of anilines is 1. The third-order valence-corrected chi connectivity index (χ3v) is 4.47. The number of methoxy groups -OCH3 is 1. The highest BCUT2D eigenvalue weighted by Gasteiger charge is 2.15. The first kappa shape index (κ1) is 12.1. The third-order valence-electron chi connectivity index (χ3n) is 2.55. The number of aromatic nitrogens is 2. The number of thiophene rings is 1. The first-order valence-electron chi connectivity index (χ1n) is 5.41. The van der Waals surface area contributed by atoms with Crippen molar-refractivity contribution in [2.75, 3.05) is 12.4 Å². The molecule has 3 rings (SSSR count). The highest BCUT2D eigenvalue weighted by molar-refractivity contribution is 7.23. The number of nitrogens with one attached hydrogen (secondary N) is 1. The van der Waals surface area contributed by atoms with Gasteiger partial charge in [0, 0.05) is 16.6 Å². The van der Waals surface area contributed by atoms with E-state index in [9.17, 15) is 4.79 Å². The second kappa shape index (κ2) is 4.94. The standard InChI is InChI=1S/C12H9N3O2S2/c1-17-11-9-10(19-12(15-9)14-6-16)7(5-13-11)8-3-2-4-18-8/h2-6H,1H3,(H,14,15,16). The van der Waals surface area contributed by atoms with Crippen LogP contribution in [-0.2, 0) is 4.79 Å². The molecule has 0 atom stereocenters. The Morgan fingerprint density at radius 1 is 1.47 bits per heavy atom. The number of ether oxygens (including phenoxy) is 1. The number of pyridine rings is 1. The Balaban J connectivity index is 2.26. The van der Waals surface area contributed by atoms with Gasteiger partial charge in [-0.2, -0.15) is 0 Å². The zero-order valence-electron chi connectivity index (χ0n) is 9.91. The van der Waals surface area contributed by atoms with Gasteiger partial charge in [0.1, 0.15) is 5.52 Å². The summed E-state index contributed by atoms with van der Waals surface area (Å²) in [4.78, 5) is 20.2. The van der Waals surface area contributed by atoms with Gasteiger partial charge in [-0.05, 0) is 11.4 Å². The van der Waals surface area contributed by atoms with E-state index in [1.807, 2.05) is 17.5 Å². The number of rotatable bonds is 4. The number of amides is 1. The summed E-state index contributed by atoms with van der Waals surface area (Å²) < 4.78 is 6.17. The summed E-state index contributed by atoms with van der Waals surface area (Å²) in [5, 5.41) is 5.11. The van der Waals surface area contributed by atoms with E-state index in [1.165, 1.54) is 11.3 Å². The Bertz CT molecular complexity index is 722. The van der Waals surface area contributed by atoms with Crippen molar-refractivity contribution in [3.05, 3.63) is 23.7 Å². The Labute approximate surface area is 116 Å². The van der Waals surface area contributed by atoms with Gasteiger partial charge in [-0.15, -0.1) is 11.3 Å². The molecular weight excluding hydrogens is 282 g/mol. The molecule has 0 aromatic carbocycles. The van der Waals surface area contributed by atoms with E-state index in [-0.39, 0.29) is 0 Å². The maximum absolute atomic E-state index is 10.5. The molecule has 0 unspecified atom stereocenters. The van der Waals surface area contributed by atoms with Crippen molar-refractivity contribution in [1.82, 2.24) is 9.97 Å². The summed E-state index contributed by atoms with van der Waals surface area (Å²) in [7, 11) is 1.55. The number of nitrogens with zero attached hydrogens (tertiary/aromatic N) is 2. The summed E-state index contributed by atoms with van der Waals surface area (Å²) in [5.74, 6) is 0.463. The average molecular weight is 291 g/mol. The first-order chi connectivity index (χ1) is 9.33. The van der Waals surface area contributed by atoms with E-state index in [2.05, 4.69) is 15.3 Å². The lowest BCUT2D eigenvalue weighted by molar-refractivity contribution is -0.105. The Morgan fingerprint density at radius 2 is 2.37 bits per heavy atom. The summed E-state index contributed by atoms with van der Waals surface area (Å²) in [6.07, 6.45) is 2.39. The lowest BCUT2D eigenvalue weighted by Gasteiger charge is -2.02. The van der Waals surface area contributed by atoms with Crippen molar-refractivity contribution >= 4 is 44.4 Å². The lowest BCUT2D eigenvalue weighted by Crippen LogP contribution is -1.92. The average Bonchev–Trinajstić information content (AvgIpc) is 3.06. The van der Waals surface area contributed by atoms with Gasteiger partial charge in [0.25, 0.3) is 0 Å². The van der Waals surface area contributed by atoms with Crippen molar-refractivity contribution in [2.45, 2.75) is 0 Å². The molecule has 0 aliphatic carbocycles. The lowest BCUT2D eigenvalue weighted by atomic mass is 10.2. The van der Waals surface area contributed by atoms with Crippen molar-refractivity contribution in [3.8, 4) is 16.3 Å². The van der Waals surface area contributed by atoms with Gasteiger partial charge >= 0.3 is 0 Å². The Hall–Kier alpha value is -1.99. The SMILES string of the molecule is COc1ncc(-c2cccs2)c2sc(NC=O)nc12. The first-order valence-corrected chi connectivity index (χ1v) is 7.10. The van der Waals surface area contributed by atoms with Gasteiger partial charge in [0.05, 0.1) is 11.8 Å². The van der Waals surface area contributed by atoms with Crippen LogP contribution in [0.3, 0.4) is 0 Å². The highest BCUT2D eigenvalue weighted by atomic mass is 32.1. The molecule has 0 aliphatic rings. The van der Waals surface area contributed by atoms with Crippen LogP contribution >= 0.6 is 22.7 Å². The zero-order valence-corrected chi connectivity index (χ0v) is 11.5. The van der Waals surface area contributed by atoms with Gasteiger partial charge in [0.2, 0.25) is 12.3 Å². The number of carbonyl (C=O) groups excluding carboxylic acids is 1. The van der Waals surface area contributed by atoms with Crippen molar-refractivity contribution in [3.63, 3.8) is 0 Å². The fourth-order valence-electron chi connectivity index (χ4n) is 1.76. The van der Waals surface area contributed by atoms with Crippen LogP contribution in [-0.4, -0.2) is 23.5 Å². The fraction of sp³-hybridized carbons (Fsp3) is 0.0833. The van der Waals surface area contributed by atoms with E-state index < -0.39 is 0 Å². The molecular formula is C12H9N3O2S2. The van der Waals surface area contributed by atoms with E-state index >= 15 is 0 Å². The minimum absolute atomic E-state index is 0.463. The third kappa shape index (κ3) is 2.06. The van der Waals surface area contributed by atoms with E-state index in [0.29, 0.717) is 22.9 Å². The number of hydrogen-bond acceptors (Lipinski definition) is 6. The molecule has 7 heteroatoms. The van der Waals surface area contributed by atoms with Crippen molar-refractivity contribution in [1.29, 1.82) is 0 Å². The molecule has 1 amide bonds. The molecule has 19 heavy (non-hydrogen) atoms. The smallest absolute Gasteiger partial charge is 0.241 e. The maximum Gasteiger partial charge on any atom is 0.241 e. The molecule has 3 heterocycles. The number of fused-ring (bicyclic) bond motifs is 1. The quantitative estimate of drug-likeness (QED) is 0.750. The van der Waals surface area contributed by atoms with Crippen LogP contribution in [0.1, 0.15) is 0 Å². The summed E-state index contributed by atoms with van der Waals surface area (Å²) >= 11 is 3.04. The summed E-state index contributed by atoms with van der Waals surface area (Å²) in [6.45, 7) is 0. The minimum Gasteiger partial charge on any atom is -0.479 e. The maximum atomic E-state index is 10.5. The Morgan fingerprint density at radius 3 is 3.05 bits per heavy atom. The van der Waals surface area contributed by atoms with E-state index in [4.69, 9.17) is 4.74 Å². The van der Waals surface area contributed by atoms with Crippen molar-refractivity contribution in [2.24, 2.45) is 0 Å². The van der Waals surface area contributed by atoms with Crippen LogP contribution in [0.25, 0.3) is 20.7 Å². The zero-order chi connectivity index (χ0) is 13.2. The molecule has 0 radical (unpaired) electrons. The Kier molecular flexibility index (Phi) is 3.14. The molecule has 0 fully saturated rings. The number of hydrogen-bond donors (Lipinski definition) is 1. The number of carbonyl (C=O) groups is 1. The van der Waals surface area contributed by atoms with Gasteiger partial charge in [-0.3, -0.25) is 4.79 Å². The largest absolute Gasteiger partial charge is 0.479 e. The van der Waals surface area contributed by atoms with Crippen LogP contribution in [0.4, 0.5) is 5.13 Å². The van der Waals surface area contributed by atoms with Gasteiger partial charge in [-0.25, -0.2) is 9.97 Å². The summed E-state index contributed by atoms with van der Waals surface area (Å²) in [5.41, 5.74) is 1.67. The molecule has 0 aliphatic heterocycles. The predicted octanol–water partition coefficient (Wildman–Crippen LogP) is 3.00. The molecule has 5 nitrogen and oxygen atoms in total. The molecule has 1 N–H and O–H groups in total.